The molecule has 0 aromatic rings. The standard InChI is InChI=1S/C72H127NO10/c1-4-7-10-13-16-19-22-25-27-29-31-32-33-35-36-38-41-44-47-50-53-56-59-65(76)71(80)73-63(64(75)58-55-52-49-46-43-40-24-21-18-15-12-9-6-3)62-81-72-70(69(79)68(78)66(61-74)82-72)83-67(77)60-57-54-51-48-45-42-39-37-34-30-28-26-23-20-17-14-11-8-5-2/h16-17,19-20,25-28,34,37,42,45,55,58,63-66,68-70,72,74-76,78-79H,4-15,18,21-24,29-33,35-36,38-41,43-44,46-54,56-57,59-62H2,1-3H3,(H,73,80)/b19-16-,20-17-,27-25-,28-26-,37-34-,45-42-,58-55+. The summed E-state index contributed by atoms with van der Waals surface area (Å²) < 4.78 is 17.6. The predicted molar refractivity (Wildman–Crippen MR) is 347 cm³/mol. The van der Waals surface area contributed by atoms with Crippen molar-refractivity contribution in [2.45, 2.75) is 346 Å². The van der Waals surface area contributed by atoms with Crippen LogP contribution in [0.5, 0.6) is 0 Å². The Morgan fingerprint density at radius 3 is 1.27 bits per heavy atom. The van der Waals surface area contributed by atoms with Gasteiger partial charge in [-0.15, -0.1) is 0 Å². The number of esters is 1. The summed E-state index contributed by atoms with van der Waals surface area (Å²) in [7, 11) is 0. The molecule has 8 atom stereocenters. The molecule has 0 spiro atoms. The van der Waals surface area contributed by atoms with Gasteiger partial charge in [-0.2, -0.15) is 0 Å². The largest absolute Gasteiger partial charge is 0.454 e. The van der Waals surface area contributed by atoms with Gasteiger partial charge in [0.2, 0.25) is 5.91 Å². The van der Waals surface area contributed by atoms with Crippen molar-refractivity contribution >= 4 is 11.9 Å². The Labute approximate surface area is 508 Å². The summed E-state index contributed by atoms with van der Waals surface area (Å²) >= 11 is 0. The fraction of sp³-hybridized carbons (Fsp3) is 0.778. The topological polar surface area (TPSA) is 175 Å². The van der Waals surface area contributed by atoms with E-state index in [1.807, 2.05) is 6.08 Å². The predicted octanol–water partition coefficient (Wildman–Crippen LogP) is 17.3. The molecule has 1 saturated heterocycles. The maximum Gasteiger partial charge on any atom is 0.306 e. The van der Waals surface area contributed by atoms with E-state index in [9.17, 15) is 35.1 Å². The van der Waals surface area contributed by atoms with Crippen LogP contribution < -0.4 is 5.32 Å². The second-order valence-electron chi connectivity index (χ2n) is 23.6. The van der Waals surface area contributed by atoms with E-state index in [1.165, 1.54) is 167 Å². The van der Waals surface area contributed by atoms with Crippen LogP contribution in [0.2, 0.25) is 0 Å². The van der Waals surface area contributed by atoms with E-state index in [4.69, 9.17) is 14.2 Å². The molecule has 83 heavy (non-hydrogen) atoms. The molecule has 0 saturated carbocycles. The summed E-state index contributed by atoms with van der Waals surface area (Å²) in [4.78, 5) is 26.6. The van der Waals surface area contributed by atoms with Crippen LogP contribution in [0.15, 0.2) is 85.1 Å². The summed E-state index contributed by atoms with van der Waals surface area (Å²) in [5.41, 5.74) is 0. The van der Waals surface area contributed by atoms with E-state index in [0.29, 0.717) is 12.8 Å². The molecule has 1 aliphatic rings. The number of hydrogen-bond acceptors (Lipinski definition) is 10. The summed E-state index contributed by atoms with van der Waals surface area (Å²) in [6.45, 7) is 5.74. The van der Waals surface area contributed by atoms with E-state index in [2.05, 4.69) is 99.0 Å². The van der Waals surface area contributed by atoms with Crippen LogP contribution in [0, 0.1) is 0 Å². The lowest BCUT2D eigenvalue weighted by molar-refractivity contribution is -0.305. The number of hydrogen-bond donors (Lipinski definition) is 6. The highest BCUT2D eigenvalue weighted by Crippen LogP contribution is 2.26. The number of amides is 1. The minimum Gasteiger partial charge on any atom is -0.454 e. The molecular weight excluding hydrogens is 1040 g/mol. The van der Waals surface area contributed by atoms with E-state index >= 15 is 0 Å². The zero-order valence-corrected chi connectivity index (χ0v) is 53.3. The van der Waals surface area contributed by atoms with Crippen molar-refractivity contribution in [2.24, 2.45) is 0 Å². The van der Waals surface area contributed by atoms with Crippen molar-refractivity contribution in [3.05, 3.63) is 85.1 Å². The molecule has 0 bridgehead atoms. The van der Waals surface area contributed by atoms with Gasteiger partial charge in [0.25, 0.3) is 0 Å². The van der Waals surface area contributed by atoms with Gasteiger partial charge in [0.1, 0.15) is 24.4 Å². The summed E-state index contributed by atoms with van der Waals surface area (Å²) in [5.74, 6) is -1.22. The fourth-order valence-electron chi connectivity index (χ4n) is 10.3. The summed E-state index contributed by atoms with van der Waals surface area (Å²) in [6, 6.07) is -1.04. The maximum atomic E-state index is 13.5. The molecule has 8 unspecified atom stereocenters. The molecule has 1 amide bonds. The molecule has 1 aliphatic heterocycles. The number of allylic oxidation sites excluding steroid dienone is 13. The van der Waals surface area contributed by atoms with Crippen LogP contribution in [0.25, 0.3) is 0 Å². The van der Waals surface area contributed by atoms with E-state index in [0.717, 1.165) is 83.5 Å². The van der Waals surface area contributed by atoms with Crippen molar-refractivity contribution < 1.29 is 49.3 Å². The Bertz CT molecular complexity index is 1670. The number of unbranched alkanes of at least 4 members (excludes halogenated alkanes) is 32. The Hall–Kier alpha value is -3.16. The molecule has 480 valence electrons. The van der Waals surface area contributed by atoms with Crippen LogP contribution in [-0.4, -0.2) is 99.6 Å². The van der Waals surface area contributed by atoms with Gasteiger partial charge in [0, 0.05) is 6.42 Å². The summed E-state index contributed by atoms with van der Waals surface area (Å²) in [5, 5.41) is 57.2. The minimum atomic E-state index is -1.63. The van der Waals surface area contributed by atoms with Gasteiger partial charge in [-0.05, 0) is 103 Å². The number of aliphatic hydroxyl groups is 5. The zero-order valence-electron chi connectivity index (χ0n) is 53.3. The molecule has 0 aliphatic carbocycles. The van der Waals surface area contributed by atoms with E-state index in [-0.39, 0.29) is 19.4 Å². The number of rotatable bonds is 58. The monoisotopic (exact) mass is 1170 g/mol. The van der Waals surface area contributed by atoms with Crippen LogP contribution in [-0.2, 0) is 23.8 Å². The van der Waals surface area contributed by atoms with Crippen LogP contribution >= 0.6 is 0 Å². The van der Waals surface area contributed by atoms with Crippen molar-refractivity contribution in [2.75, 3.05) is 13.2 Å². The first-order valence-corrected chi connectivity index (χ1v) is 34.4. The maximum absolute atomic E-state index is 13.5. The van der Waals surface area contributed by atoms with E-state index < -0.39 is 67.4 Å². The normalized spacial score (nSPS) is 19.1. The highest BCUT2D eigenvalue weighted by Gasteiger charge is 2.47. The van der Waals surface area contributed by atoms with Crippen LogP contribution in [0.4, 0.5) is 0 Å². The Morgan fingerprint density at radius 2 is 0.831 bits per heavy atom. The Morgan fingerprint density at radius 1 is 0.470 bits per heavy atom. The third kappa shape index (κ3) is 46.7. The lowest BCUT2D eigenvalue weighted by Gasteiger charge is -2.41. The fourth-order valence-corrected chi connectivity index (χ4v) is 10.3. The van der Waals surface area contributed by atoms with Gasteiger partial charge >= 0.3 is 5.97 Å². The SMILES string of the molecule is CCCCC/C=C\C/C=C\C/C=C\C/C=C\CCCCCC(=O)OC1C(OCC(NC(=O)C(O)CCCCCCCCCCCCCC/C=C\C/C=C\CCCCC)C(O)/C=C/CCCCCCCCCCCCC)OC(CO)C(O)C1O. The van der Waals surface area contributed by atoms with Crippen molar-refractivity contribution in [3.63, 3.8) is 0 Å². The quantitative estimate of drug-likeness (QED) is 0.0195. The minimum absolute atomic E-state index is 0.0836. The average Bonchev–Trinajstić information content (AvgIpc) is 3.58. The highest BCUT2D eigenvalue weighted by atomic mass is 16.7. The van der Waals surface area contributed by atoms with Gasteiger partial charge in [0.15, 0.2) is 12.4 Å². The number of carbonyl (C=O) groups excluding carboxylic acids is 2. The van der Waals surface area contributed by atoms with Gasteiger partial charge in [-0.1, -0.05) is 273 Å². The molecule has 11 heteroatoms. The smallest absolute Gasteiger partial charge is 0.306 e. The molecule has 0 aromatic carbocycles. The number of aliphatic hydroxyl groups excluding tert-OH is 5. The summed E-state index contributed by atoms with van der Waals surface area (Å²) in [6.07, 6.45) is 67.5. The first-order valence-electron chi connectivity index (χ1n) is 34.4. The molecule has 1 heterocycles. The highest BCUT2D eigenvalue weighted by molar-refractivity contribution is 5.80. The van der Waals surface area contributed by atoms with Gasteiger partial charge < -0.3 is 45.1 Å². The van der Waals surface area contributed by atoms with Crippen molar-refractivity contribution in [1.82, 2.24) is 5.32 Å². The number of nitrogens with one attached hydrogen (secondary N) is 1. The van der Waals surface area contributed by atoms with E-state index in [1.54, 1.807) is 6.08 Å². The van der Waals surface area contributed by atoms with Gasteiger partial charge in [-0.3, -0.25) is 9.59 Å². The first kappa shape index (κ1) is 77.9. The van der Waals surface area contributed by atoms with Crippen molar-refractivity contribution in [3.8, 4) is 0 Å². The second-order valence-corrected chi connectivity index (χ2v) is 23.6. The first-order chi connectivity index (χ1) is 40.7. The van der Waals surface area contributed by atoms with Gasteiger partial charge in [-0.25, -0.2) is 0 Å². The average molecular weight is 1170 g/mol. The number of ether oxygens (including phenoxy) is 3. The third-order valence-corrected chi connectivity index (χ3v) is 15.8. The lowest BCUT2D eigenvalue weighted by Crippen LogP contribution is -2.61. The van der Waals surface area contributed by atoms with Gasteiger partial charge in [0.05, 0.1) is 25.4 Å². The molecule has 6 N–H and O–H groups in total. The second kappa shape index (κ2) is 59.2. The zero-order chi connectivity index (χ0) is 60.3. The number of carbonyl (C=O) groups is 2. The Kier molecular flexibility index (Phi) is 55.5. The van der Waals surface area contributed by atoms with Crippen LogP contribution in [0.3, 0.4) is 0 Å². The molecular formula is C72H127NO10. The molecule has 1 fully saturated rings. The Balaban J connectivity index is 2.65. The molecule has 1 rings (SSSR count). The lowest BCUT2D eigenvalue weighted by atomic mass is 9.99. The molecule has 0 aromatic heterocycles. The third-order valence-electron chi connectivity index (χ3n) is 15.8. The molecule has 11 nitrogen and oxygen atoms in total. The van der Waals surface area contributed by atoms with Crippen molar-refractivity contribution in [1.29, 1.82) is 0 Å². The molecule has 0 radical (unpaired) electrons. The van der Waals surface area contributed by atoms with Crippen LogP contribution in [0.1, 0.15) is 297 Å².